The summed E-state index contributed by atoms with van der Waals surface area (Å²) in [7, 11) is 1.95. The zero-order valence-electron chi connectivity index (χ0n) is 14.8. The van der Waals surface area contributed by atoms with Crippen LogP contribution in [-0.4, -0.2) is 47.9 Å². The van der Waals surface area contributed by atoms with Gasteiger partial charge in [-0.1, -0.05) is 42.1 Å². The highest BCUT2D eigenvalue weighted by molar-refractivity contribution is 6.42. The van der Waals surface area contributed by atoms with Crippen LogP contribution >= 0.6 is 23.2 Å². The summed E-state index contributed by atoms with van der Waals surface area (Å²) in [6, 6.07) is 6.23. The maximum absolute atomic E-state index is 12.7. The molecule has 0 aromatic heterocycles. The van der Waals surface area contributed by atoms with E-state index < -0.39 is 0 Å². The predicted octanol–water partition coefficient (Wildman–Crippen LogP) is 4.87. The third kappa shape index (κ3) is 4.58. The van der Waals surface area contributed by atoms with Crippen molar-refractivity contribution in [3.05, 3.63) is 39.9 Å². The summed E-state index contributed by atoms with van der Waals surface area (Å²) in [6.45, 7) is 2.37. The van der Waals surface area contributed by atoms with Crippen LogP contribution in [0.5, 0.6) is 0 Å². The first-order valence-electron chi connectivity index (χ1n) is 9.20. The summed E-state index contributed by atoms with van der Waals surface area (Å²) in [4.78, 5) is 17.2. The Morgan fingerprint density at radius 3 is 2.56 bits per heavy atom. The monoisotopic (exact) mass is 380 g/mol. The molecule has 1 amide bonds. The first kappa shape index (κ1) is 18.8. The zero-order valence-corrected chi connectivity index (χ0v) is 16.3. The lowest BCUT2D eigenvalue weighted by Crippen LogP contribution is -2.52. The molecule has 1 aliphatic heterocycles. The van der Waals surface area contributed by atoms with E-state index in [1.165, 1.54) is 45.2 Å². The average Bonchev–Trinajstić information content (AvgIpc) is 3.16. The highest BCUT2D eigenvalue weighted by Crippen LogP contribution is 2.29. The van der Waals surface area contributed by atoms with Crippen LogP contribution in [0.3, 0.4) is 0 Å². The molecule has 25 heavy (non-hydrogen) atoms. The SMILES string of the molecule is CN(C(=O)/C=C/c1ccc(Cl)c(Cl)c1)[C@@H]1CCCC[C@@H]1N1CCCC1. The molecule has 0 spiro atoms. The minimum atomic E-state index is 0.0576. The van der Waals surface area contributed by atoms with Gasteiger partial charge in [-0.25, -0.2) is 0 Å². The van der Waals surface area contributed by atoms with Crippen LogP contribution in [0.2, 0.25) is 10.0 Å². The Labute approximate surface area is 160 Å². The zero-order chi connectivity index (χ0) is 17.8. The molecule has 0 N–H and O–H groups in total. The van der Waals surface area contributed by atoms with Crippen molar-refractivity contribution in [1.82, 2.24) is 9.80 Å². The van der Waals surface area contributed by atoms with Gasteiger partial charge in [0, 0.05) is 25.2 Å². The summed E-state index contributed by atoms with van der Waals surface area (Å²) in [6.07, 6.45) is 10.8. The number of nitrogens with zero attached hydrogens (tertiary/aromatic N) is 2. The molecule has 1 saturated heterocycles. The van der Waals surface area contributed by atoms with E-state index in [1.807, 2.05) is 24.1 Å². The molecule has 1 aromatic rings. The summed E-state index contributed by atoms with van der Waals surface area (Å²) in [5.74, 6) is 0.0576. The molecule has 2 aliphatic rings. The molecule has 1 heterocycles. The molecule has 0 unspecified atom stereocenters. The van der Waals surface area contributed by atoms with Crippen molar-refractivity contribution < 1.29 is 4.79 Å². The fourth-order valence-corrected chi connectivity index (χ4v) is 4.41. The van der Waals surface area contributed by atoms with Crippen molar-refractivity contribution in [3.63, 3.8) is 0 Å². The van der Waals surface area contributed by atoms with E-state index in [2.05, 4.69) is 4.90 Å². The van der Waals surface area contributed by atoms with Gasteiger partial charge in [0.15, 0.2) is 0 Å². The van der Waals surface area contributed by atoms with Gasteiger partial charge < -0.3 is 4.90 Å². The molecule has 3 nitrogen and oxygen atoms in total. The van der Waals surface area contributed by atoms with Crippen LogP contribution in [0, 0.1) is 0 Å². The van der Waals surface area contributed by atoms with Crippen LogP contribution in [-0.2, 0) is 4.79 Å². The molecule has 136 valence electrons. The molecule has 1 aliphatic carbocycles. The van der Waals surface area contributed by atoms with E-state index in [1.54, 1.807) is 18.2 Å². The molecule has 3 rings (SSSR count). The molecule has 0 bridgehead atoms. The largest absolute Gasteiger partial charge is 0.338 e. The summed E-state index contributed by atoms with van der Waals surface area (Å²) in [5, 5.41) is 1.03. The van der Waals surface area contributed by atoms with E-state index in [0.29, 0.717) is 22.1 Å². The Morgan fingerprint density at radius 1 is 1.12 bits per heavy atom. The predicted molar refractivity (Wildman–Crippen MR) is 105 cm³/mol. The van der Waals surface area contributed by atoms with Crippen molar-refractivity contribution in [2.75, 3.05) is 20.1 Å². The van der Waals surface area contributed by atoms with E-state index in [9.17, 15) is 4.79 Å². The smallest absolute Gasteiger partial charge is 0.246 e. The fourth-order valence-electron chi connectivity index (χ4n) is 4.11. The number of likely N-dealkylation sites (N-methyl/N-ethyl adjacent to an activating group) is 1. The Balaban J connectivity index is 1.67. The number of hydrogen-bond acceptors (Lipinski definition) is 2. The summed E-state index contributed by atoms with van der Waals surface area (Å²) >= 11 is 12.0. The third-order valence-electron chi connectivity index (χ3n) is 5.51. The molecule has 2 atom stereocenters. The van der Waals surface area contributed by atoms with Crippen molar-refractivity contribution in [1.29, 1.82) is 0 Å². The maximum Gasteiger partial charge on any atom is 0.246 e. The Kier molecular flexibility index (Phi) is 6.43. The summed E-state index contributed by atoms with van der Waals surface area (Å²) < 4.78 is 0. The van der Waals surface area contributed by atoms with Gasteiger partial charge >= 0.3 is 0 Å². The number of rotatable bonds is 4. The molecule has 0 radical (unpaired) electrons. The van der Waals surface area contributed by atoms with Crippen molar-refractivity contribution in [2.24, 2.45) is 0 Å². The van der Waals surface area contributed by atoms with Crippen molar-refractivity contribution >= 4 is 35.2 Å². The summed E-state index contributed by atoms with van der Waals surface area (Å²) in [5.41, 5.74) is 0.885. The van der Waals surface area contributed by atoms with Crippen molar-refractivity contribution in [3.8, 4) is 0 Å². The second-order valence-electron chi connectivity index (χ2n) is 7.12. The second-order valence-corrected chi connectivity index (χ2v) is 7.93. The minimum Gasteiger partial charge on any atom is -0.338 e. The second kappa shape index (κ2) is 8.57. The number of likely N-dealkylation sites (tertiary alicyclic amines) is 1. The lowest BCUT2D eigenvalue weighted by Gasteiger charge is -2.42. The van der Waals surface area contributed by atoms with Gasteiger partial charge in [-0.15, -0.1) is 0 Å². The van der Waals surface area contributed by atoms with Gasteiger partial charge in [-0.3, -0.25) is 9.69 Å². The lowest BCUT2D eigenvalue weighted by molar-refractivity contribution is -0.128. The van der Waals surface area contributed by atoms with Gasteiger partial charge in [0.25, 0.3) is 0 Å². The Hall–Kier alpha value is -1.03. The molecule has 1 saturated carbocycles. The van der Waals surface area contributed by atoms with Gasteiger partial charge in [0.2, 0.25) is 5.91 Å². The van der Waals surface area contributed by atoms with E-state index in [-0.39, 0.29) is 5.91 Å². The van der Waals surface area contributed by atoms with E-state index >= 15 is 0 Å². The number of amides is 1. The Morgan fingerprint density at radius 2 is 1.84 bits per heavy atom. The Bertz CT molecular complexity index is 641. The normalized spacial score (nSPS) is 24.8. The third-order valence-corrected chi connectivity index (χ3v) is 6.25. The first-order chi connectivity index (χ1) is 12.1. The number of carbonyl (C=O) groups is 1. The van der Waals surface area contributed by atoms with Crippen LogP contribution in [0.1, 0.15) is 44.1 Å². The lowest BCUT2D eigenvalue weighted by atomic mass is 9.88. The van der Waals surface area contributed by atoms with Gasteiger partial charge in [-0.05, 0) is 62.5 Å². The molecule has 2 fully saturated rings. The number of carbonyl (C=O) groups excluding carboxylic acids is 1. The van der Waals surface area contributed by atoms with Crippen LogP contribution in [0.15, 0.2) is 24.3 Å². The van der Waals surface area contributed by atoms with E-state index in [4.69, 9.17) is 23.2 Å². The average molecular weight is 381 g/mol. The van der Waals surface area contributed by atoms with Gasteiger partial charge in [0.1, 0.15) is 0 Å². The number of hydrogen-bond donors (Lipinski definition) is 0. The van der Waals surface area contributed by atoms with Crippen LogP contribution < -0.4 is 0 Å². The molecular weight excluding hydrogens is 355 g/mol. The number of benzene rings is 1. The van der Waals surface area contributed by atoms with Crippen molar-refractivity contribution in [2.45, 2.75) is 50.6 Å². The molecule has 5 heteroatoms. The van der Waals surface area contributed by atoms with Gasteiger partial charge in [-0.2, -0.15) is 0 Å². The maximum atomic E-state index is 12.7. The first-order valence-corrected chi connectivity index (χ1v) is 9.96. The minimum absolute atomic E-state index is 0.0576. The topological polar surface area (TPSA) is 23.6 Å². The van der Waals surface area contributed by atoms with Crippen LogP contribution in [0.25, 0.3) is 6.08 Å². The highest BCUT2D eigenvalue weighted by Gasteiger charge is 2.34. The quantitative estimate of drug-likeness (QED) is 0.695. The van der Waals surface area contributed by atoms with E-state index in [0.717, 1.165) is 12.0 Å². The van der Waals surface area contributed by atoms with Crippen LogP contribution in [0.4, 0.5) is 0 Å². The standard InChI is InChI=1S/C20H26Cl2N2O/c1-23(18-6-2-3-7-19(18)24-12-4-5-13-24)20(25)11-9-15-8-10-16(21)17(22)14-15/h8-11,14,18-19H,2-7,12-13H2,1H3/b11-9+/t18-,19+/m1/s1. The molecular formula is C20H26Cl2N2O. The highest BCUT2D eigenvalue weighted by atomic mass is 35.5. The molecule has 1 aromatic carbocycles. The fraction of sp³-hybridized carbons (Fsp3) is 0.550. The number of halogens is 2. The van der Waals surface area contributed by atoms with Gasteiger partial charge in [0.05, 0.1) is 10.0 Å².